The Hall–Kier alpha value is -0.870. The van der Waals surface area contributed by atoms with Gasteiger partial charge in [-0.2, -0.15) is 0 Å². The van der Waals surface area contributed by atoms with Gasteiger partial charge in [-0.05, 0) is 44.6 Å². The molecule has 1 heterocycles. The molecule has 0 aromatic carbocycles. The Bertz CT molecular complexity index is 421. The third-order valence-electron chi connectivity index (χ3n) is 5.11. The van der Waals surface area contributed by atoms with Crippen LogP contribution in [0.2, 0.25) is 0 Å². The molecule has 0 bridgehead atoms. The van der Waals surface area contributed by atoms with Gasteiger partial charge in [0.1, 0.15) is 5.82 Å². The summed E-state index contributed by atoms with van der Waals surface area (Å²) in [7, 11) is 3.96. The smallest absolute Gasteiger partial charge is 0.110 e. The predicted molar refractivity (Wildman–Crippen MR) is 86.4 cm³/mol. The number of nitrogens with zero attached hydrogens (tertiary/aromatic N) is 2. The summed E-state index contributed by atoms with van der Waals surface area (Å²) in [5.74, 6) is 1.96. The summed E-state index contributed by atoms with van der Waals surface area (Å²) in [6.45, 7) is 5.61. The number of hydrogen-bond acceptors (Lipinski definition) is 3. The molecule has 0 radical (unpaired) electrons. The lowest BCUT2D eigenvalue weighted by Crippen LogP contribution is -2.55. The first-order valence-electron chi connectivity index (χ1n) is 8.36. The second-order valence-electron chi connectivity index (χ2n) is 6.62. The molecule has 1 saturated carbocycles. The van der Waals surface area contributed by atoms with Crippen molar-refractivity contribution in [2.75, 3.05) is 13.7 Å². The Balaban J connectivity index is 2.14. The molecule has 21 heavy (non-hydrogen) atoms. The molecule has 1 aliphatic rings. The topological polar surface area (TPSA) is 39.1 Å². The van der Waals surface area contributed by atoms with Crippen LogP contribution in [-0.4, -0.2) is 34.8 Å². The molecular weight excluding hydrogens is 262 g/mol. The Labute approximate surface area is 129 Å². The van der Waals surface area contributed by atoms with Crippen LogP contribution in [0.5, 0.6) is 0 Å². The normalized spacial score (nSPS) is 27.7. The minimum absolute atomic E-state index is 0.0341. The zero-order valence-corrected chi connectivity index (χ0v) is 14.1. The van der Waals surface area contributed by atoms with Crippen LogP contribution in [0.4, 0.5) is 0 Å². The van der Waals surface area contributed by atoms with E-state index < -0.39 is 0 Å². The van der Waals surface area contributed by atoms with Gasteiger partial charge in [-0.3, -0.25) is 0 Å². The predicted octanol–water partition coefficient (Wildman–Crippen LogP) is 2.93. The Morgan fingerprint density at radius 3 is 2.71 bits per heavy atom. The SMILES string of the molecule is CCCNC(Cc1nccn1C)C1(OC)CCC(C)CC1. The number of aromatic nitrogens is 2. The summed E-state index contributed by atoms with van der Waals surface area (Å²) >= 11 is 0. The van der Waals surface area contributed by atoms with Crippen molar-refractivity contribution in [3.63, 3.8) is 0 Å². The summed E-state index contributed by atoms with van der Waals surface area (Å²) in [5, 5.41) is 3.73. The van der Waals surface area contributed by atoms with E-state index in [-0.39, 0.29) is 5.60 Å². The molecular formula is C17H31N3O. The van der Waals surface area contributed by atoms with Crippen LogP contribution < -0.4 is 5.32 Å². The maximum absolute atomic E-state index is 6.08. The van der Waals surface area contributed by atoms with Crippen molar-refractivity contribution in [3.8, 4) is 0 Å². The van der Waals surface area contributed by atoms with E-state index in [0.717, 1.165) is 44.0 Å². The third-order valence-corrected chi connectivity index (χ3v) is 5.11. The van der Waals surface area contributed by atoms with E-state index >= 15 is 0 Å². The fourth-order valence-corrected chi connectivity index (χ4v) is 3.48. The Morgan fingerprint density at radius 1 is 1.48 bits per heavy atom. The Kier molecular flexibility index (Phi) is 5.82. The zero-order valence-electron chi connectivity index (χ0n) is 14.1. The average molecular weight is 293 g/mol. The van der Waals surface area contributed by atoms with Crippen molar-refractivity contribution in [1.29, 1.82) is 0 Å². The number of methoxy groups -OCH3 is 1. The van der Waals surface area contributed by atoms with Crippen molar-refractivity contribution in [1.82, 2.24) is 14.9 Å². The van der Waals surface area contributed by atoms with Gasteiger partial charge in [-0.1, -0.05) is 13.8 Å². The van der Waals surface area contributed by atoms with Crippen molar-refractivity contribution in [2.24, 2.45) is 13.0 Å². The minimum atomic E-state index is -0.0341. The average Bonchev–Trinajstić information content (AvgIpc) is 2.90. The lowest BCUT2D eigenvalue weighted by molar-refractivity contribution is -0.0750. The van der Waals surface area contributed by atoms with Gasteiger partial charge in [0.25, 0.3) is 0 Å². The molecule has 0 aliphatic heterocycles. The third kappa shape index (κ3) is 3.86. The molecule has 0 saturated heterocycles. The highest BCUT2D eigenvalue weighted by atomic mass is 16.5. The molecule has 1 aliphatic carbocycles. The highest BCUT2D eigenvalue weighted by Gasteiger charge is 2.41. The first-order valence-corrected chi connectivity index (χ1v) is 8.36. The van der Waals surface area contributed by atoms with Crippen molar-refractivity contribution in [2.45, 2.75) is 64.0 Å². The summed E-state index contributed by atoms with van der Waals surface area (Å²) in [5.41, 5.74) is -0.0341. The number of nitrogens with one attached hydrogen (secondary N) is 1. The molecule has 4 nitrogen and oxygen atoms in total. The molecule has 1 aromatic rings. The largest absolute Gasteiger partial charge is 0.377 e. The van der Waals surface area contributed by atoms with Gasteiger partial charge in [0.2, 0.25) is 0 Å². The standard InChI is InChI=1S/C17H31N3O/c1-5-10-18-15(13-16-19-11-12-20(16)3)17(21-4)8-6-14(2)7-9-17/h11-12,14-15,18H,5-10,13H2,1-4H3. The lowest BCUT2D eigenvalue weighted by atomic mass is 9.74. The van der Waals surface area contributed by atoms with Gasteiger partial charge in [0.15, 0.2) is 0 Å². The highest BCUT2D eigenvalue weighted by Crippen LogP contribution is 2.37. The highest BCUT2D eigenvalue weighted by molar-refractivity contribution is 5.03. The van der Waals surface area contributed by atoms with E-state index in [4.69, 9.17) is 4.74 Å². The molecule has 4 heteroatoms. The van der Waals surface area contributed by atoms with Crippen LogP contribution >= 0.6 is 0 Å². The molecule has 1 N–H and O–H groups in total. The second kappa shape index (κ2) is 7.41. The van der Waals surface area contributed by atoms with Gasteiger partial charge < -0.3 is 14.6 Å². The van der Waals surface area contributed by atoms with Gasteiger partial charge in [0.05, 0.1) is 5.60 Å². The van der Waals surface area contributed by atoms with Gasteiger partial charge in [-0.15, -0.1) is 0 Å². The number of imidazole rings is 1. The first-order chi connectivity index (χ1) is 10.1. The summed E-state index contributed by atoms with van der Waals surface area (Å²) in [6.07, 6.45) is 10.8. The molecule has 2 rings (SSSR count). The minimum Gasteiger partial charge on any atom is -0.377 e. The van der Waals surface area contributed by atoms with E-state index in [0.29, 0.717) is 6.04 Å². The van der Waals surface area contributed by atoms with Crippen LogP contribution in [0.15, 0.2) is 12.4 Å². The monoisotopic (exact) mass is 293 g/mol. The molecule has 0 amide bonds. The maximum Gasteiger partial charge on any atom is 0.110 e. The van der Waals surface area contributed by atoms with Gasteiger partial charge in [-0.25, -0.2) is 4.98 Å². The van der Waals surface area contributed by atoms with E-state index in [1.165, 1.54) is 12.8 Å². The number of aryl methyl sites for hydroxylation is 1. The van der Waals surface area contributed by atoms with Crippen LogP contribution in [-0.2, 0) is 18.2 Å². The summed E-state index contributed by atoms with van der Waals surface area (Å²) < 4.78 is 8.20. The molecule has 1 fully saturated rings. The molecule has 1 unspecified atom stereocenters. The van der Waals surface area contributed by atoms with Crippen molar-refractivity contribution >= 4 is 0 Å². The van der Waals surface area contributed by atoms with Crippen molar-refractivity contribution in [3.05, 3.63) is 18.2 Å². The van der Waals surface area contributed by atoms with E-state index in [9.17, 15) is 0 Å². The molecule has 1 aromatic heterocycles. The quantitative estimate of drug-likeness (QED) is 0.840. The maximum atomic E-state index is 6.08. The second-order valence-corrected chi connectivity index (χ2v) is 6.62. The van der Waals surface area contributed by atoms with Crippen LogP contribution in [0, 0.1) is 5.92 Å². The fraction of sp³-hybridized carbons (Fsp3) is 0.824. The number of hydrogen-bond donors (Lipinski definition) is 1. The van der Waals surface area contributed by atoms with Crippen LogP contribution in [0.3, 0.4) is 0 Å². The van der Waals surface area contributed by atoms with Gasteiger partial charge in [0, 0.05) is 39.0 Å². The van der Waals surface area contributed by atoms with Crippen LogP contribution in [0.25, 0.3) is 0 Å². The van der Waals surface area contributed by atoms with E-state index in [1.54, 1.807) is 0 Å². The number of ether oxygens (including phenoxy) is 1. The summed E-state index contributed by atoms with van der Waals surface area (Å²) in [4.78, 5) is 4.51. The zero-order chi connectivity index (χ0) is 15.3. The molecule has 120 valence electrons. The Morgan fingerprint density at radius 2 is 2.19 bits per heavy atom. The summed E-state index contributed by atoms with van der Waals surface area (Å²) in [6, 6.07) is 0.344. The first kappa shape index (κ1) is 16.5. The molecule has 1 atom stereocenters. The number of rotatable bonds is 7. The van der Waals surface area contributed by atoms with E-state index in [2.05, 4.69) is 35.8 Å². The van der Waals surface area contributed by atoms with E-state index in [1.807, 2.05) is 19.5 Å². The fourth-order valence-electron chi connectivity index (χ4n) is 3.48. The lowest BCUT2D eigenvalue weighted by Gasteiger charge is -2.44. The van der Waals surface area contributed by atoms with Crippen LogP contribution in [0.1, 0.15) is 51.8 Å². The van der Waals surface area contributed by atoms with Gasteiger partial charge >= 0.3 is 0 Å². The van der Waals surface area contributed by atoms with Crippen molar-refractivity contribution < 1.29 is 4.74 Å². The molecule has 0 spiro atoms.